The lowest BCUT2D eigenvalue weighted by atomic mass is 10.0. The zero-order valence-electron chi connectivity index (χ0n) is 12.2. The fourth-order valence-corrected chi connectivity index (χ4v) is 5.58. The molecule has 0 radical (unpaired) electrons. The number of nitrogens with zero attached hydrogens (tertiary/aromatic N) is 1. The molecule has 1 aliphatic heterocycles. The van der Waals surface area contributed by atoms with Gasteiger partial charge in [-0.1, -0.05) is 12.5 Å². The highest BCUT2D eigenvalue weighted by Crippen LogP contribution is 2.30. The summed E-state index contributed by atoms with van der Waals surface area (Å²) in [6.45, 7) is 0.626. The molecule has 21 heavy (non-hydrogen) atoms. The number of alkyl halides is 1. The predicted octanol–water partition coefficient (Wildman–Crippen LogP) is 3.35. The molecular formula is C16H22ClNO2S. The van der Waals surface area contributed by atoms with Crippen LogP contribution in [0.25, 0.3) is 0 Å². The van der Waals surface area contributed by atoms with Crippen LogP contribution >= 0.6 is 11.6 Å². The summed E-state index contributed by atoms with van der Waals surface area (Å²) in [5.41, 5.74) is 2.52. The van der Waals surface area contributed by atoms with Gasteiger partial charge in [-0.3, -0.25) is 0 Å². The quantitative estimate of drug-likeness (QED) is 0.795. The van der Waals surface area contributed by atoms with Gasteiger partial charge in [-0.2, -0.15) is 4.31 Å². The lowest BCUT2D eigenvalue weighted by Crippen LogP contribution is -2.43. The summed E-state index contributed by atoms with van der Waals surface area (Å²) in [6, 6.07) is 5.74. The van der Waals surface area contributed by atoms with E-state index in [0.717, 1.165) is 44.9 Å². The van der Waals surface area contributed by atoms with Crippen molar-refractivity contribution in [3.63, 3.8) is 0 Å². The molecule has 1 aromatic carbocycles. The molecule has 1 fully saturated rings. The van der Waals surface area contributed by atoms with Crippen LogP contribution in [0, 0.1) is 0 Å². The molecule has 0 aromatic heterocycles. The van der Waals surface area contributed by atoms with Crippen molar-refractivity contribution < 1.29 is 8.42 Å². The summed E-state index contributed by atoms with van der Waals surface area (Å²) >= 11 is 5.85. The molecule has 2 aliphatic rings. The van der Waals surface area contributed by atoms with E-state index in [1.807, 2.05) is 12.1 Å². The molecule has 1 aromatic rings. The Bertz CT molecular complexity index is 613. The summed E-state index contributed by atoms with van der Waals surface area (Å²) in [5, 5.41) is 0. The van der Waals surface area contributed by atoms with Crippen molar-refractivity contribution in [3.05, 3.63) is 29.3 Å². The van der Waals surface area contributed by atoms with E-state index in [1.165, 1.54) is 11.1 Å². The molecule has 3 rings (SSSR count). The number of hydrogen-bond donors (Lipinski definition) is 0. The molecule has 1 aliphatic carbocycles. The summed E-state index contributed by atoms with van der Waals surface area (Å²) in [5.74, 6) is 0.515. The minimum absolute atomic E-state index is 0.0644. The zero-order chi connectivity index (χ0) is 14.9. The summed E-state index contributed by atoms with van der Waals surface area (Å²) < 4.78 is 27.6. The third-order valence-corrected chi connectivity index (χ3v) is 6.86. The number of benzene rings is 1. The number of fused-ring (bicyclic) bond motifs is 1. The fraction of sp³-hybridized carbons (Fsp3) is 0.625. The van der Waals surface area contributed by atoms with Crippen LogP contribution < -0.4 is 0 Å². The first-order chi connectivity index (χ1) is 10.1. The van der Waals surface area contributed by atoms with Gasteiger partial charge in [0, 0.05) is 18.5 Å². The zero-order valence-corrected chi connectivity index (χ0v) is 13.8. The van der Waals surface area contributed by atoms with Crippen LogP contribution in [0.1, 0.15) is 43.2 Å². The minimum atomic E-state index is -3.38. The molecule has 0 N–H and O–H groups in total. The Morgan fingerprint density at radius 3 is 2.76 bits per heavy atom. The number of halogens is 1. The molecule has 1 saturated heterocycles. The Hall–Kier alpha value is -0.580. The van der Waals surface area contributed by atoms with Crippen LogP contribution in [0.5, 0.6) is 0 Å². The van der Waals surface area contributed by atoms with E-state index in [9.17, 15) is 8.42 Å². The van der Waals surface area contributed by atoms with Crippen LogP contribution in [-0.2, 0) is 22.9 Å². The van der Waals surface area contributed by atoms with Crippen LogP contribution in [0.3, 0.4) is 0 Å². The second-order valence-electron chi connectivity index (χ2n) is 6.03. The maximum Gasteiger partial charge on any atom is 0.243 e. The predicted molar refractivity (Wildman–Crippen MR) is 85.3 cm³/mol. The highest BCUT2D eigenvalue weighted by molar-refractivity contribution is 7.89. The van der Waals surface area contributed by atoms with Gasteiger partial charge in [0.25, 0.3) is 0 Å². The lowest BCUT2D eigenvalue weighted by Gasteiger charge is -2.34. The Morgan fingerprint density at radius 1 is 1.14 bits per heavy atom. The first kappa shape index (κ1) is 15.3. The van der Waals surface area contributed by atoms with Gasteiger partial charge in [0.05, 0.1) is 4.90 Å². The monoisotopic (exact) mass is 327 g/mol. The highest BCUT2D eigenvalue weighted by atomic mass is 35.5. The maximum atomic E-state index is 13.0. The topological polar surface area (TPSA) is 37.4 Å². The average Bonchev–Trinajstić information content (AvgIpc) is 2.95. The van der Waals surface area contributed by atoms with E-state index in [4.69, 9.17) is 11.6 Å². The lowest BCUT2D eigenvalue weighted by molar-refractivity contribution is 0.247. The van der Waals surface area contributed by atoms with Crippen molar-refractivity contribution in [1.29, 1.82) is 0 Å². The fourth-order valence-electron chi connectivity index (χ4n) is 3.55. The first-order valence-electron chi connectivity index (χ1n) is 7.82. The Balaban J connectivity index is 1.91. The van der Waals surface area contributed by atoms with Gasteiger partial charge >= 0.3 is 0 Å². The number of piperidine rings is 1. The van der Waals surface area contributed by atoms with Gasteiger partial charge < -0.3 is 0 Å². The third kappa shape index (κ3) is 2.99. The van der Waals surface area contributed by atoms with Gasteiger partial charge in [-0.05, 0) is 61.8 Å². The van der Waals surface area contributed by atoms with Gasteiger partial charge in [0.1, 0.15) is 0 Å². The number of sulfonamides is 1. The molecule has 0 spiro atoms. The second kappa shape index (κ2) is 6.27. The van der Waals surface area contributed by atoms with Crippen LogP contribution in [0.15, 0.2) is 23.1 Å². The average molecular weight is 328 g/mol. The van der Waals surface area contributed by atoms with Crippen molar-refractivity contribution in [2.45, 2.75) is 55.9 Å². The number of aryl methyl sites for hydroxylation is 2. The maximum absolute atomic E-state index is 13.0. The van der Waals surface area contributed by atoms with Crippen LogP contribution in [0.4, 0.5) is 0 Å². The van der Waals surface area contributed by atoms with E-state index >= 15 is 0 Å². The third-order valence-electron chi connectivity index (χ3n) is 4.69. The van der Waals surface area contributed by atoms with Crippen LogP contribution in [0.2, 0.25) is 0 Å². The van der Waals surface area contributed by atoms with E-state index < -0.39 is 10.0 Å². The van der Waals surface area contributed by atoms with Crippen molar-refractivity contribution in [3.8, 4) is 0 Å². The smallest absolute Gasteiger partial charge is 0.207 e. The van der Waals surface area contributed by atoms with Crippen molar-refractivity contribution >= 4 is 21.6 Å². The van der Waals surface area contributed by atoms with E-state index in [0.29, 0.717) is 17.3 Å². The molecule has 5 heteroatoms. The van der Waals surface area contributed by atoms with Crippen molar-refractivity contribution in [1.82, 2.24) is 4.31 Å². The minimum Gasteiger partial charge on any atom is -0.207 e. The Morgan fingerprint density at radius 2 is 1.95 bits per heavy atom. The van der Waals surface area contributed by atoms with E-state index in [2.05, 4.69) is 0 Å². The molecule has 116 valence electrons. The second-order valence-corrected chi connectivity index (χ2v) is 8.30. The van der Waals surface area contributed by atoms with Crippen LogP contribution in [-0.4, -0.2) is 31.2 Å². The highest BCUT2D eigenvalue weighted by Gasteiger charge is 2.33. The molecule has 0 saturated carbocycles. The van der Waals surface area contributed by atoms with Gasteiger partial charge in [0.15, 0.2) is 0 Å². The van der Waals surface area contributed by atoms with Gasteiger partial charge in [-0.25, -0.2) is 8.42 Å². The standard InChI is InChI=1S/C16H22ClNO2S/c17-10-9-15-6-1-2-11-18(15)21(19,20)16-8-7-13-4-3-5-14(13)12-16/h7-8,12,15H,1-6,9-11H2. The molecule has 1 atom stereocenters. The Kier molecular flexibility index (Phi) is 4.57. The van der Waals surface area contributed by atoms with Crippen molar-refractivity contribution in [2.24, 2.45) is 0 Å². The van der Waals surface area contributed by atoms with E-state index in [1.54, 1.807) is 10.4 Å². The van der Waals surface area contributed by atoms with Gasteiger partial charge in [0.2, 0.25) is 10.0 Å². The molecular weight excluding hydrogens is 306 g/mol. The number of hydrogen-bond acceptors (Lipinski definition) is 2. The normalized spacial score (nSPS) is 23.2. The first-order valence-corrected chi connectivity index (χ1v) is 9.80. The summed E-state index contributed by atoms with van der Waals surface area (Å²) in [7, 11) is -3.38. The molecule has 3 nitrogen and oxygen atoms in total. The van der Waals surface area contributed by atoms with Gasteiger partial charge in [-0.15, -0.1) is 11.6 Å². The molecule has 1 heterocycles. The van der Waals surface area contributed by atoms with E-state index in [-0.39, 0.29) is 6.04 Å². The SMILES string of the molecule is O=S(=O)(c1ccc2c(c1)CCC2)N1CCCCC1CCCl. The largest absolute Gasteiger partial charge is 0.243 e. The molecule has 0 amide bonds. The Labute approximate surface area is 132 Å². The summed E-state index contributed by atoms with van der Waals surface area (Å²) in [6.07, 6.45) is 6.93. The molecule has 1 unspecified atom stereocenters. The molecule has 0 bridgehead atoms. The number of rotatable bonds is 4. The van der Waals surface area contributed by atoms with Crippen molar-refractivity contribution in [2.75, 3.05) is 12.4 Å². The summed E-state index contributed by atoms with van der Waals surface area (Å²) in [4.78, 5) is 0.463.